The lowest BCUT2D eigenvalue weighted by molar-refractivity contribution is 0.407. The second-order valence-corrected chi connectivity index (χ2v) is 3.25. The summed E-state index contributed by atoms with van der Waals surface area (Å²) in [5, 5.41) is 9.00. The Balaban J connectivity index is 2.52. The molecule has 2 heterocycles. The van der Waals surface area contributed by atoms with Crippen LogP contribution in [0.15, 0.2) is 15.1 Å². The summed E-state index contributed by atoms with van der Waals surface area (Å²) >= 11 is 0. The maximum Gasteiger partial charge on any atom is 0.278 e. The van der Waals surface area contributed by atoms with E-state index < -0.39 is 0 Å². The van der Waals surface area contributed by atoms with Gasteiger partial charge in [-0.25, -0.2) is 0 Å². The van der Waals surface area contributed by atoms with Crippen molar-refractivity contribution >= 4 is 23.1 Å². The van der Waals surface area contributed by atoms with E-state index in [-0.39, 0.29) is 28.6 Å². The van der Waals surface area contributed by atoms with E-state index >= 15 is 0 Å². The van der Waals surface area contributed by atoms with Crippen molar-refractivity contribution in [2.45, 2.75) is 0 Å². The molecular weight excluding hydrogens is 212 g/mol. The van der Waals surface area contributed by atoms with Crippen LogP contribution >= 0.6 is 0 Å². The lowest BCUT2D eigenvalue weighted by atomic mass is 10.5. The second kappa shape index (κ2) is 3.61. The Bertz CT molecular complexity index is 594. The van der Waals surface area contributed by atoms with Gasteiger partial charge in [-0.05, 0) is 0 Å². The summed E-state index contributed by atoms with van der Waals surface area (Å²) in [6.07, 6.45) is 0. The van der Waals surface area contributed by atoms with Crippen LogP contribution in [0.3, 0.4) is 0 Å². The molecule has 0 aliphatic heterocycles. The number of rotatable bonds is 2. The van der Waals surface area contributed by atoms with Gasteiger partial charge in [0.2, 0.25) is 5.95 Å². The van der Waals surface area contributed by atoms with E-state index in [1.165, 1.54) is 5.01 Å². The van der Waals surface area contributed by atoms with Gasteiger partial charge in [0, 0.05) is 14.1 Å². The van der Waals surface area contributed by atoms with Gasteiger partial charge in [-0.1, -0.05) is 10.3 Å². The van der Waals surface area contributed by atoms with Gasteiger partial charge in [0.05, 0.1) is 0 Å². The molecule has 2 aromatic rings. The second-order valence-electron chi connectivity index (χ2n) is 3.25. The van der Waals surface area contributed by atoms with Crippen molar-refractivity contribution in [3.8, 4) is 0 Å². The molecule has 2 rings (SSSR count). The maximum atomic E-state index is 11.4. The number of aromatic amines is 2. The molecule has 9 nitrogen and oxygen atoms in total. The molecule has 0 unspecified atom stereocenters. The Kier molecular flexibility index (Phi) is 2.27. The molecule has 9 heteroatoms. The zero-order chi connectivity index (χ0) is 11.7. The third kappa shape index (κ3) is 1.82. The first-order valence-corrected chi connectivity index (χ1v) is 4.41. The van der Waals surface area contributed by atoms with Crippen molar-refractivity contribution in [2.75, 3.05) is 19.8 Å². The maximum absolute atomic E-state index is 11.4. The van der Waals surface area contributed by atoms with Crippen LogP contribution in [0.25, 0.3) is 11.2 Å². The molecule has 84 valence electrons. The van der Waals surface area contributed by atoms with E-state index in [0.29, 0.717) is 0 Å². The van der Waals surface area contributed by atoms with Gasteiger partial charge in [-0.3, -0.25) is 14.8 Å². The highest BCUT2D eigenvalue weighted by atomic mass is 16.1. The summed E-state index contributed by atoms with van der Waals surface area (Å²) in [6, 6.07) is 0. The number of anilines is 1. The van der Waals surface area contributed by atoms with Gasteiger partial charge in [-0.2, -0.15) is 9.97 Å². The van der Waals surface area contributed by atoms with Gasteiger partial charge >= 0.3 is 0 Å². The largest absolute Gasteiger partial charge is 0.369 e. The Morgan fingerprint density at radius 3 is 2.75 bits per heavy atom. The Morgan fingerprint density at radius 2 is 2.06 bits per heavy atom. The monoisotopic (exact) mass is 222 g/mol. The molecule has 2 aromatic heterocycles. The number of nitrogen functional groups attached to an aromatic ring is 1. The van der Waals surface area contributed by atoms with Gasteiger partial charge in [0.1, 0.15) is 0 Å². The average Bonchev–Trinajstić information content (AvgIpc) is 2.57. The first-order valence-electron chi connectivity index (χ1n) is 4.41. The van der Waals surface area contributed by atoms with Crippen LogP contribution in [0.4, 0.5) is 11.9 Å². The lowest BCUT2D eigenvalue weighted by Gasteiger charge is -1.97. The number of hydrogen-bond donors (Lipinski definition) is 3. The minimum absolute atomic E-state index is 0.0140. The summed E-state index contributed by atoms with van der Waals surface area (Å²) in [6.45, 7) is 0. The van der Waals surface area contributed by atoms with E-state index in [0.717, 1.165) is 0 Å². The van der Waals surface area contributed by atoms with Crippen LogP contribution in [0.1, 0.15) is 0 Å². The van der Waals surface area contributed by atoms with Crippen LogP contribution < -0.4 is 11.3 Å². The molecule has 0 aromatic carbocycles. The molecule has 0 saturated carbocycles. The molecule has 0 amide bonds. The summed E-state index contributed by atoms with van der Waals surface area (Å²) in [7, 11) is 3.43. The smallest absolute Gasteiger partial charge is 0.278 e. The van der Waals surface area contributed by atoms with Crippen molar-refractivity contribution in [1.82, 2.24) is 24.9 Å². The van der Waals surface area contributed by atoms with E-state index in [2.05, 4.69) is 30.3 Å². The highest BCUT2D eigenvalue weighted by Gasteiger charge is 2.07. The zero-order valence-corrected chi connectivity index (χ0v) is 8.72. The third-order valence-corrected chi connectivity index (χ3v) is 1.69. The number of fused-ring (bicyclic) bond motifs is 1. The lowest BCUT2D eigenvalue weighted by Crippen LogP contribution is -2.10. The molecule has 0 saturated heterocycles. The fourth-order valence-corrected chi connectivity index (χ4v) is 1.09. The van der Waals surface area contributed by atoms with E-state index in [4.69, 9.17) is 5.73 Å². The first-order chi connectivity index (χ1) is 7.56. The Hall–Kier alpha value is -2.45. The molecule has 0 bridgehead atoms. The van der Waals surface area contributed by atoms with Crippen LogP contribution in [0.5, 0.6) is 0 Å². The topological polar surface area (TPSA) is 128 Å². The highest BCUT2D eigenvalue weighted by molar-refractivity contribution is 5.72. The van der Waals surface area contributed by atoms with Gasteiger partial charge < -0.3 is 10.7 Å². The summed E-state index contributed by atoms with van der Waals surface area (Å²) in [5.41, 5.74) is 5.43. The number of nitrogens with one attached hydrogen (secondary N) is 2. The number of hydrogen-bond acceptors (Lipinski definition) is 6. The molecule has 0 spiro atoms. The van der Waals surface area contributed by atoms with Crippen molar-refractivity contribution in [2.24, 2.45) is 10.3 Å². The van der Waals surface area contributed by atoms with Crippen molar-refractivity contribution < 1.29 is 0 Å². The molecular formula is C7H10N8O. The van der Waals surface area contributed by atoms with Gasteiger partial charge in [0.15, 0.2) is 11.2 Å². The molecule has 4 N–H and O–H groups in total. The first kappa shape index (κ1) is 10.1. The van der Waals surface area contributed by atoms with Crippen molar-refractivity contribution in [3.63, 3.8) is 0 Å². The van der Waals surface area contributed by atoms with E-state index in [1.807, 2.05) is 0 Å². The minimum Gasteiger partial charge on any atom is -0.369 e. The van der Waals surface area contributed by atoms with E-state index in [1.54, 1.807) is 14.1 Å². The van der Waals surface area contributed by atoms with E-state index in [9.17, 15) is 4.79 Å². The SMILES string of the molecule is CN(C)N=Nc1nc2nc(N)[nH]c(=O)c2[nH]1. The average molecular weight is 222 g/mol. The van der Waals surface area contributed by atoms with Crippen LogP contribution in [-0.4, -0.2) is 39.0 Å². The summed E-state index contributed by atoms with van der Waals surface area (Å²) < 4.78 is 0. The molecule has 16 heavy (non-hydrogen) atoms. The van der Waals surface area contributed by atoms with Gasteiger partial charge in [-0.15, -0.1) is 0 Å². The number of imidazole rings is 1. The minimum atomic E-state index is -0.388. The number of H-pyrrole nitrogens is 2. The fourth-order valence-electron chi connectivity index (χ4n) is 1.09. The quantitative estimate of drug-likeness (QED) is 0.478. The number of nitrogens with two attached hydrogens (primary N) is 1. The van der Waals surface area contributed by atoms with Crippen LogP contribution in [0, 0.1) is 0 Å². The van der Waals surface area contributed by atoms with Crippen molar-refractivity contribution in [3.05, 3.63) is 10.4 Å². The van der Waals surface area contributed by atoms with Crippen molar-refractivity contribution in [1.29, 1.82) is 0 Å². The molecule has 0 aliphatic carbocycles. The standard InChI is InChI=1S/C7H10N8O/c1-15(2)14-13-7-9-3-4(11-7)10-6(8)12-5(3)16/h1-2H3,(H4,8,9,10,11,12,16). The third-order valence-electron chi connectivity index (χ3n) is 1.69. The highest BCUT2D eigenvalue weighted by Crippen LogP contribution is 2.11. The van der Waals surface area contributed by atoms with Crippen LogP contribution in [-0.2, 0) is 0 Å². The molecule has 0 fully saturated rings. The number of aromatic nitrogens is 4. The molecule has 0 atom stereocenters. The fraction of sp³-hybridized carbons (Fsp3) is 0.286. The van der Waals surface area contributed by atoms with Gasteiger partial charge in [0.25, 0.3) is 11.5 Å². The van der Waals surface area contributed by atoms with Crippen LogP contribution in [0.2, 0.25) is 0 Å². The zero-order valence-electron chi connectivity index (χ0n) is 8.72. The summed E-state index contributed by atoms with van der Waals surface area (Å²) in [5.74, 6) is 0.215. The predicted molar refractivity (Wildman–Crippen MR) is 57.1 cm³/mol. The Morgan fingerprint density at radius 1 is 1.31 bits per heavy atom. The normalized spacial score (nSPS) is 11.4. The Labute approximate surface area is 89.4 Å². The number of nitrogens with zero attached hydrogens (tertiary/aromatic N) is 5. The summed E-state index contributed by atoms with van der Waals surface area (Å²) in [4.78, 5) is 24.3. The molecule has 0 aliphatic rings. The molecule has 0 radical (unpaired) electrons. The predicted octanol–water partition coefficient (Wildman–Crippen LogP) is -0.211.